The zero-order valence-corrected chi connectivity index (χ0v) is 15.9. The predicted molar refractivity (Wildman–Crippen MR) is 102 cm³/mol. The number of rotatable bonds is 7. The number of benzene rings is 1. The van der Waals surface area contributed by atoms with E-state index in [0.29, 0.717) is 19.1 Å². The molecule has 1 saturated carbocycles. The first-order valence-corrected chi connectivity index (χ1v) is 9.57. The first-order chi connectivity index (χ1) is 12.5. The Bertz CT molecular complexity index is 609. The maximum absolute atomic E-state index is 12.6. The van der Waals surface area contributed by atoms with Crippen LogP contribution in [-0.2, 0) is 9.59 Å². The van der Waals surface area contributed by atoms with Crippen LogP contribution in [-0.4, -0.2) is 78.9 Å². The minimum absolute atomic E-state index is 0.0658. The third-order valence-electron chi connectivity index (χ3n) is 5.39. The molecule has 1 atom stereocenters. The van der Waals surface area contributed by atoms with E-state index in [2.05, 4.69) is 34.2 Å². The van der Waals surface area contributed by atoms with Crippen LogP contribution < -0.4 is 5.32 Å². The summed E-state index contributed by atoms with van der Waals surface area (Å²) in [5, 5.41) is 3.03. The molecule has 1 saturated heterocycles. The molecule has 0 spiro atoms. The lowest BCUT2D eigenvalue weighted by molar-refractivity contribution is -0.134. The van der Waals surface area contributed by atoms with Crippen LogP contribution in [0.2, 0.25) is 0 Å². The summed E-state index contributed by atoms with van der Waals surface area (Å²) < 4.78 is 0. The van der Waals surface area contributed by atoms with Gasteiger partial charge in [0.2, 0.25) is 11.8 Å². The van der Waals surface area contributed by atoms with Crippen LogP contribution >= 0.6 is 0 Å². The molecule has 1 aromatic carbocycles. The van der Waals surface area contributed by atoms with Gasteiger partial charge in [-0.05, 0) is 25.3 Å². The molecule has 142 valence electrons. The van der Waals surface area contributed by atoms with Crippen LogP contribution in [0.25, 0.3) is 0 Å². The topological polar surface area (TPSA) is 55.9 Å². The van der Waals surface area contributed by atoms with Crippen molar-refractivity contribution in [3.63, 3.8) is 0 Å². The summed E-state index contributed by atoms with van der Waals surface area (Å²) in [5.41, 5.74) is 1.15. The van der Waals surface area contributed by atoms with Crippen molar-refractivity contribution in [2.75, 3.05) is 46.3 Å². The fraction of sp³-hybridized carbons (Fsp3) is 0.600. The number of hydrogen-bond acceptors (Lipinski definition) is 4. The average Bonchev–Trinajstić information content (AvgIpc) is 3.46. The van der Waals surface area contributed by atoms with Gasteiger partial charge < -0.3 is 10.2 Å². The molecule has 6 heteroatoms. The number of carbonyl (C=O) groups excluding carboxylic acids is 2. The minimum Gasteiger partial charge on any atom is -0.352 e. The molecular weight excluding hydrogens is 328 g/mol. The lowest BCUT2D eigenvalue weighted by atomic mass is 10.1. The highest BCUT2D eigenvalue weighted by molar-refractivity contribution is 5.79. The smallest absolute Gasteiger partial charge is 0.236 e. The molecule has 1 N–H and O–H groups in total. The molecule has 1 unspecified atom stereocenters. The molecule has 1 aliphatic carbocycles. The molecular formula is C20H30N4O2. The van der Waals surface area contributed by atoms with Gasteiger partial charge in [-0.3, -0.25) is 19.4 Å². The maximum atomic E-state index is 12.6. The molecule has 6 nitrogen and oxygen atoms in total. The highest BCUT2D eigenvalue weighted by atomic mass is 16.2. The summed E-state index contributed by atoms with van der Waals surface area (Å²) in [4.78, 5) is 30.7. The second-order valence-electron chi connectivity index (χ2n) is 7.49. The Morgan fingerprint density at radius 3 is 2.23 bits per heavy atom. The molecule has 0 aromatic heterocycles. The van der Waals surface area contributed by atoms with Gasteiger partial charge in [-0.25, -0.2) is 0 Å². The minimum atomic E-state index is 0.0658. The van der Waals surface area contributed by atoms with Gasteiger partial charge >= 0.3 is 0 Å². The Balaban J connectivity index is 1.40. The number of nitrogens with one attached hydrogen (secondary N) is 1. The Kier molecular flexibility index (Phi) is 6.27. The van der Waals surface area contributed by atoms with Crippen molar-refractivity contribution in [1.29, 1.82) is 0 Å². The van der Waals surface area contributed by atoms with Crippen molar-refractivity contribution in [1.82, 2.24) is 20.0 Å². The zero-order valence-electron chi connectivity index (χ0n) is 15.9. The highest BCUT2D eigenvalue weighted by Crippen LogP contribution is 2.19. The normalized spacial score (nSPS) is 19.8. The molecule has 3 rings (SSSR count). The molecule has 2 aliphatic rings. The highest BCUT2D eigenvalue weighted by Gasteiger charge is 2.26. The van der Waals surface area contributed by atoms with Gasteiger partial charge in [0.25, 0.3) is 0 Å². The van der Waals surface area contributed by atoms with Crippen LogP contribution in [0.4, 0.5) is 0 Å². The molecule has 2 amide bonds. The number of likely N-dealkylation sites (N-methyl/N-ethyl adjacent to an activating group) is 1. The largest absolute Gasteiger partial charge is 0.352 e. The van der Waals surface area contributed by atoms with Crippen LogP contribution in [0, 0.1) is 0 Å². The Morgan fingerprint density at radius 1 is 1.08 bits per heavy atom. The maximum Gasteiger partial charge on any atom is 0.236 e. The van der Waals surface area contributed by atoms with Gasteiger partial charge in [-0.2, -0.15) is 0 Å². The van der Waals surface area contributed by atoms with Gasteiger partial charge in [0.05, 0.1) is 19.1 Å². The van der Waals surface area contributed by atoms with E-state index in [4.69, 9.17) is 0 Å². The van der Waals surface area contributed by atoms with Gasteiger partial charge in [-0.1, -0.05) is 30.3 Å². The second kappa shape index (κ2) is 8.64. The summed E-state index contributed by atoms with van der Waals surface area (Å²) in [6.07, 6.45) is 2.24. The van der Waals surface area contributed by atoms with Crippen molar-refractivity contribution in [2.45, 2.75) is 31.8 Å². The van der Waals surface area contributed by atoms with Gasteiger partial charge in [0.1, 0.15) is 0 Å². The van der Waals surface area contributed by atoms with E-state index in [-0.39, 0.29) is 17.9 Å². The van der Waals surface area contributed by atoms with E-state index in [0.717, 1.165) is 44.6 Å². The number of nitrogens with zero attached hydrogens (tertiary/aromatic N) is 3. The van der Waals surface area contributed by atoms with E-state index >= 15 is 0 Å². The Morgan fingerprint density at radius 2 is 1.65 bits per heavy atom. The van der Waals surface area contributed by atoms with Crippen molar-refractivity contribution < 1.29 is 9.59 Å². The predicted octanol–water partition coefficient (Wildman–Crippen LogP) is 1.10. The second-order valence-corrected chi connectivity index (χ2v) is 7.49. The lowest BCUT2D eigenvalue weighted by Gasteiger charge is -2.35. The summed E-state index contributed by atoms with van der Waals surface area (Å²) >= 11 is 0. The molecule has 1 aliphatic heterocycles. The SMILES string of the molecule is CC(c1ccccc1)N(C)C(=O)CN1CCN(CC(=O)NC2CC2)CC1. The summed E-state index contributed by atoms with van der Waals surface area (Å²) in [6, 6.07) is 10.6. The van der Waals surface area contributed by atoms with Crippen molar-refractivity contribution in [2.24, 2.45) is 0 Å². The molecule has 2 fully saturated rings. The third kappa shape index (κ3) is 5.29. The van der Waals surface area contributed by atoms with E-state index < -0.39 is 0 Å². The summed E-state index contributed by atoms with van der Waals surface area (Å²) in [6.45, 7) is 6.31. The van der Waals surface area contributed by atoms with E-state index in [1.54, 1.807) is 0 Å². The third-order valence-corrected chi connectivity index (χ3v) is 5.39. The molecule has 1 aromatic rings. The van der Waals surface area contributed by atoms with E-state index in [1.807, 2.05) is 30.1 Å². The number of piperazine rings is 1. The first kappa shape index (κ1) is 18.9. The fourth-order valence-electron chi connectivity index (χ4n) is 3.28. The summed E-state index contributed by atoms with van der Waals surface area (Å²) in [5.74, 6) is 0.273. The van der Waals surface area contributed by atoms with E-state index in [1.165, 1.54) is 0 Å². The average molecular weight is 358 g/mol. The monoisotopic (exact) mass is 358 g/mol. The van der Waals surface area contributed by atoms with Gasteiger partial charge in [0, 0.05) is 39.3 Å². The molecule has 0 radical (unpaired) electrons. The van der Waals surface area contributed by atoms with Crippen LogP contribution in [0.3, 0.4) is 0 Å². The standard InChI is InChI=1S/C20H30N4O2/c1-16(17-6-4-3-5-7-17)22(2)20(26)15-24-12-10-23(11-13-24)14-19(25)21-18-8-9-18/h3-7,16,18H,8-15H2,1-2H3,(H,21,25). The Labute approximate surface area is 156 Å². The first-order valence-electron chi connectivity index (χ1n) is 9.57. The quantitative estimate of drug-likeness (QED) is 0.793. The van der Waals surface area contributed by atoms with Crippen molar-refractivity contribution >= 4 is 11.8 Å². The van der Waals surface area contributed by atoms with Gasteiger partial charge in [0.15, 0.2) is 0 Å². The van der Waals surface area contributed by atoms with Crippen LogP contribution in [0.1, 0.15) is 31.4 Å². The summed E-state index contributed by atoms with van der Waals surface area (Å²) in [7, 11) is 1.87. The van der Waals surface area contributed by atoms with Crippen molar-refractivity contribution in [3.05, 3.63) is 35.9 Å². The van der Waals surface area contributed by atoms with Gasteiger partial charge in [-0.15, -0.1) is 0 Å². The zero-order chi connectivity index (χ0) is 18.5. The Hall–Kier alpha value is -1.92. The molecule has 1 heterocycles. The van der Waals surface area contributed by atoms with Crippen LogP contribution in [0.15, 0.2) is 30.3 Å². The van der Waals surface area contributed by atoms with Crippen LogP contribution in [0.5, 0.6) is 0 Å². The molecule has 26 heavy (non-hydrogen) atoms. The van der Waals surface area contributed by atoms with Crippen molar-refractivity contribution in [3.8, 4) is 0 Å². The molecule has 0 bridgehead atoms. The number of hydrogen-bond donors (Lipinski definition) is 1. The fourth-order valence-corrected chi connectivity index (χ4v) is 3.28. The lowest BCUT2D eigenvalue weighted by Crippen LogP contribution is -2.51. The number of amides is 2. The number of carbonyl (C=O) groups is 2. The van der Waals surface area contributed by atoms with E-state index in [9.17, 15) is 9.59 Å².